The van der Waals surface area contributed by atoms with Crippen LogP contribution in [0, 0.1) is 0 Å². The van der Waals surface area contributed by atoms with Gasteiger partial charge in [0, 0.05) is 17.3 Å². The molecule has 3 aliphatic carbocycles. The minimum Gasteiger partial charge on any atom is -0.0761 e. The normalized spacial score (nSPS) is 18.0. The zero-order chi connectivity index (χ0) is 31.3. The van der Waals surface area contributed by atoms with Gasteiger partial charge >= 0.3 is 0 Å². The van der Waals surface area contributed by atoms with E-state index in [0.717, 1.165) is 0 Å². The van der Waals surface area contributed by atoms with Crippen LogP contribution in [-0.4, -0.2) is 0 Å². The topological polar surface area (TPSA) is 0 Å². The summed E-state index contributed by atoms with van der Waals surface area (Å²) in [5.41, 5.74) is 16.1. The standard InChI is InChI=1S/C47H34/c1-47(2)44-13-6-5-10-39(44)40-23-22-35(28-45(40)47)34-21-20-32-26-31(18-19-33(32)27-34)29-14-16-30(17-15-29)36-24-25-43-38-9-4-3-8-37(38)42-12-7-11-41(36)46(42)43/h3-28,37-38H,1-2H3. The molecule has 3 aliphatic rings. The van der Waals surface area contributed by atoms with Gasteiger partial charge < -0.3 is 0 Å². The molecule has 0 fully saturated rings. The summed E-state index contributed by atoms with van der Waals surface area (Å²) in [6.45, 7) is 4.70. The Balaban J connectivity index is 0.965. The van der Waals surface area contributed by atoms with E-state index in [2.05, 4.69) is 172 Å². The van der Waals surface area contributed by atoms with Crippen LogP contribution in [0.1, 0.15) is 47.9 Å². The molecule has 2 unspecified atom stereocenters. The SMILES string of the molecule is CC1(C)c2ccccc2-c2ccc(-c3ccc4cc(-c5ccc(-c6ccc7c8c(cccc68)C6C=CC=CC76)cc5)ccc4c3)cc21. The Morgan fingerprint density at radius 1 is 0.426 bits per heavy atom. The molecule has 0 N–H and O–H groups in total. The molecular weight excluding hydrogens is 565 g/mol. The fourth-order valence-electron chi connectivity index (χ4n) is 8.80. The van der Waals surface area contributed by atoms with Crippen molar-refractivity contribution in [2.45, 2.75) is 31.1 Å². The van der Waals surface area contributed by atoms with Gasteiger partial charge in [-0.3, -0.25) is 0 Å². The number of hydrogen-bond donors (Lipinski definition) is 0. The molecule has 0 aromatic heterocycles. The summed E-state index contributed by atoms with van der Waals surface area (Å²) in [4.78, 5) is 0. The molecule has 10 rings (SSSR count). The van der Waals surface area contributed by atoms with Crippen molar-refractivity contribution < 1.29 is 0 Å². The minimum atomic E-state index is 0.00520. The van der Waals surface area contributed by atoms with E-state index < -0.39 is 0 Å². The third-order valence-electron chi connectivity index (χ3n) is 11.2. The quantitative estimate of drug-likeness (QED) is 0.190. The van der Waals surface area contributed by atoms with Crippen molar-refractivity contribution in [1.82, 2.24) is 0 Å². The van der Waals surface area contributed by atoms with Gasteiger partial charge in [0.2, 0.25) is 0 Å². The van der Waals surface area contributed by atoms with Crippen LogP contribution in [-0.2, 0) is 5.41 Å². The van der Waals surface area contributed by atoms with Gasteiger partial charge in [-0.05, 0) is 107 Å². The Morgan fingerprint density at radius 2 is 1.00 bits per heavy atom. The van der Waals surface area contributed by atoms with Crippen LogP contribution in [0.4, 0.5) is 0 Å². The number of rotatable bonds is 3. The van der Waals surface area contributed by atoms with Crippen molar-refractivity contribution in [2.24, 2.45) is 0 Å². The predicted molar refractivity (Wildman–Crippen MR) is 199 cm³/mol. The Kier molecular flexibility index (Phi) is 5.56. The van der Waals surface area contributed by atoms with Crippen molar-refractivity contribution >= 4 is 21.5 Å². The summed E-state index contributed by atoms with van der Waals surface area (Å²) < 4.78 is 0. The minimum absolute atomic E-state index is 0.00520. The second-order valence-corrected chi connectivity index (χ2v) is 14.1. The number of benzene rings is 7. The first-order valence-corrected chi connectivity index (χ1v) is 16.8. The molecule has 222 valence electrons. The lowest BCUT2D eigenvalue weighted by molar-refractivity contribution is 0.660. The predicted octanol–water partition coefficient (Wildman–Crippen LogP) is 12.6. The summed E-state index contributed by atoms with van der Waals surface area (Å²) in [5, 5.41) is 5.34. The van der Waals surface area contributed by atoms with E-state index in [4.69, 9.17) is 0 Å². The fourth-order valence-corrected chi connectivity index (χ4v) is 8.80. The average molecular weight is 599 g/mol. The van der Waals surface area contributed by atoms with E-state index >= 15 is 0 Å². The van der Waals surface area contributed by atoms with Gasteiger partial charge in [-0.15, -0.1) is 0 Å². The van der Waals surface area contributed by atoms with E-state index in [1.807, 2.05) is 0 Å². The first-order valence-electron chi connectivity index (χ1n) is 16.8. The van der Waals surface area contributed by atoms with Crippen LogP contribution < -0.4 is 0 Å². The van der Waals surface area contributed by atoms with Gasteiger partial charge in [0.1, 0.15) is 0 Å². The molecule has 0 spiro atoms. The van der Waals surface area contributed by atoms with Crippen LogP contribution in [0.5, 0.6) is 0 Å². The van der Waals surface area contributed by atoms with Crippen LogP contribution in [0.25, 0.3) is 66.1 Å². The fraction of sp³-hybridized carbons (Fsp3) is 0.106. The van der Waals surface area contributed by atoms with Crippen LogP contribution in [0.2, 0.25) is 0 Å². The van der Waals surface area contributed by atoms with Gasteiger partial charge in [-0.2, -0.15) is 0 Å². The molecule has 0 aliphatic heterocycles. The maximum absolute atomic E-state index is 2.41. The first kappa shape index (κ1) is 26.7. The molecule has 0 saturated carbocycles. The number of fused-ring (bicyclic) bond motifs is 7. The molecule has 2 atom stereocenters. The lowest BCUT2D eigenvalue weighted by atomic mass is 9.81. The largest absolute Gasteiger partial charge is 0.0761 e. The van der Waals surface area contributed by atoms with Gasteiger partial charge in [-0.25, -0.2) is 0 Å². The van der Waals surface area contributed by atoms with Crippen LogP contribution in [0.15, 0.2) is 158 Å². The van der Waals surface area contributed by atoms with E-state index in [0.29, 0.717) is 11.8 Å². The molecule has 0 bridgehead atoms. The third-order valence-corrected chi connectivity index (χ3v) is 11.2. The maximum Gasteiger partial charge on any atom is 0.0159 e. The maximum atomic E-state index is 2.41. The zero-order valence-electron chi connectivity index (χ0n) is 26.7. The zero-order valence-corrected chi connectivity index (χ0v) is 26.7. The molecule has 0 amide bonds. The third kappa shape index (κ3) is 3.88. The molecule has 0 heterocycles. The van der Waals surface area contributed by atoms with Gasteiger partial charge in [0.05, 0.1) is 0 Å². The molecule has 0 heteroatoms. The van der Waals surface area contributed by atoms with Gasteiger partial charge in [0.15, 0.2) is 0 Å². The highest BCUT2D eigenvalue weighted by atomic mass is 14.4. The summed E-state index contributed by atoms with van der Waals surface area (Å²) in [5.74, 6) is 0.914. The van der Waals surface area contributed by atoms with Crippen molar-refractivity contribution in [3.63, 3.8) is 0 Å². The van der Waals surface area contributed by atoms with Crippen LogP contribution >= 0.6 is 0 Å². The van der Waals surface area contributed by atoms with Crippen molar-refractivity contribution in [3.8, 4) is 44.5 Å². The average Bonchev–Trinajstić information content (AvgIpc) is 3.57. The summed E-state index contributed by atoms with van der Waals surface area (Å²) in [6.07, 6.45) is 9.13. The second-order valence-electron chi connectivity index (χ2n) is 14.1. The van der Waals surface area contributed by atoms with E-state index in [1.54, 1.807) is 0 Å². The number of allylic oxidation sites excluding steroid dienone is 4. The lowest BCUT2D eigenvalue weighted by Crippen LogP contribution is -2.14. The lowest BCUT2D eigenvalue weighted by Gasteiger charge is -2.22. The van der Waals surface area contributed by atoms with Gasteiger partial charge in [0.25, 0.3) is 0 Å². The number of hydrogen-bond acceptors (Lipinski definition) is 0. The van der Waals surface area contributed by atoms with Crippen molar-refractivity contribution in [2.75, 3.05) is 0 Å². The van der Waals surface area contributed by atoms with Crippen molar-refractivity contribution in [3.05, 3.63) is 180 Å². The summed E-state index contributed by atoms with van der Waals surface area (Å²) in [6, 6.07) is 50.4. The highest BCUT2D eigenvalue weighted by Gasteiger charge is 2.35. The van der Waals surface area contributed by atoms with E-state index in [9.17, 15) is 0 Å². The highest BCUT2D eigenvalue weighted by molar-refractivity contribution is 6.03. The first-order chi connectivity index (χ1) is 23.0. The molecule has 7 aromatic carbocycles. The van der Waals surface area contributed by atoms with Crippen LogP contribution in [0.3, 0.4) is 0 Å². The molecule has 0 radical (unpaired) electrons. The Labute approximate surface area is 276 Å². The Hall–Kier alpha value is -5.46. The summed E-state index contributed by atoms with van der Waals surface area (Å²) >= 11 is 0. The molecule has 0 saturated heterocycles. The highest BCUT2D eigenvalue weighted by Crippen LogP contribution is 2.52. The smallest absolute Gasteiger partial charge is 0.0159 e. The Morgan fingerprint density at radius 3 is 1.77 bits per heavy atom. The molecule has 0 nitrogen and oxygen atoms in total. The van der Waals surface area contributed by atoms with Crippen molar-refractivity contribution in [1.29, 1.82) is 0 Å². The Bertz CT molecular complexity index is 2460. The second kappa shape index (κ2) is 9.77. The van der Waals surface area contributed by atoms with Gasteiger partial charge in [-0.1, -0.05) is 153 Å². The summed E-state index contributed by atoms with van der Waals surface area (Å²) in [7, 11) is 0. The molecule has 47 heavy (non-hydrogen) atoms. The molecular formula is C47H34. The van der Waals surface area contributed by atoms with E-state index in [-0.39, 0.29) is 5.41 Å². The monoisotopic (exact) mass is 598 g/mol. The van der Waals surface area contributed by atoms with E-state index in [1.165, 1.54) is 88.3 Å². The molecule has 7 aromatic rings.